The summed E-state index contributed by atoms with van der Waals surface area (Å²) < 4.78 is 13.2. The summed E-state index contributed by atoms with van der Waals surface area (Å²) in [5, 5.41) is 3.37. The molecular formula is C20H27FN2O2. The van der Waals surface area contributed by atoms with Gasteiger partial charge in [0.05, 0.1) is 12.1 Å². The number of likely N-dealkylation sites (tertiary alicyclic amines) is 1. The first-order valence-electron chi connectivity index (χ1n) is 9.07. The topological polar surface area (TPSA) is 49.4 Å². The smallest absolute Gasteiger partial charge is 0.237 e. The average molecular weight is 346 g/mol. The standard InChI is InChI=1S/C20H27FN2O2/c1-19(2,3)17(14-6-8-15(21)9-7-14)22-13-23-16(24)12-20(18(23)25)10-4-5-11-20/h6-9,17,22H,4-5,10-13H2,1-3H3. The Morgan fingerprint density at radius 1 is 1.16 bits per heavy atom. The summed E-state index contributed by atoms with van der Waals surface area (Å²) in [6.07, 6.45) is 4.06. The third-order valence-electron chi connectivity index (χ3n) is 5.57. The second-order valence-electron chi connectivity index (χ2n) is 8.50. The van der Waals surface area contributed by atoms with E-state index in [9.17, 15) is 14.0 Å². The summed E-state index contributed by atoms with van der Waals surface area (Å²) in [7, 11) is 0. The molecule has 1 atom stereocenters. The third kappa shape index (κ3) is 3.47. The normalized spacial score (nSPS) is 21.4. The summed E-state index contributed by atoms with van der Waals surface area (Å²) in [6, 6.07) is 6.30. The van der Waals surface area contributed by atoms with Crippen LogP contribution in [0.15, 0.2) is 24.3 Å². The molecule has 5 heteroatoms. The fraction of sp³-hybridized carbons (Fsp3) is 0.600. The number of hydrogen-bond acceptors (Lipinski definition) is 3. The van der Waals surface area contributed by atoms with Crippen LogP contribution in [-0.2, 0) is 9.59 Å². The first-order valence-corrected chi connectivity index (χ1v) is 9.07. The van der Waals surface area contributed by atoms with E-state index < -0.39 is 5.41 Å². The van der Waals surface area contributed by atoms with Crippen molar-refractivity contribution < 1.29 is 14.0 Å². The molecule has 25 heavy (non-hydrogen) atoms. The maximum Gasteiger partial charge on any atom is 0.237 e. The Bertz CT molecular complexity index is 657. The molecule has 1 saturated carbocycles. The van der Waals surface area contributed by atoms with Gasteiger partial charge in [0.25, 0.3) is 0 Å². The number of carbonyl (C=O) groups excluding carboxylic acids is 2. The Hall–Kier alpha value is -1.75. The van der Waals surface area contributed by atoms with E-state index in [0.29, 0.717) is 6.42 Å². The van der Waals surface area contributed by atoms with E-state index in [1.165, 1.54) is 17.0 Å². The van der Waals surface area contributed by atoms with E-state index in [4.69, 9.17) is 0 Å². The molecule has 1 aromatic rings. The van der Waals surface area contributed by atoms with Crippen molar-refractivity contribution >= 4 is 11.8 Å². The minimum absolute atomic E-state index is 0.0192. The van der Waals surface area contributed by atoms with Crippen LogP contribution in [0, 0.1) is 16.6 Å². The first kappa shape index (κ1) is 18.1. The summed E-state index contributed by atoms with van der Waals surface area (Å²) in [5.74, 6) is -0.370. The van der Waals surface area contributed by atoms with Crippen LogP contribution in [0.5, 0.6) is 0 Å². The Morgan fingerprint density at radius 2 is 1.76 bits per heavy atom. The molecule has 1 unspecified atom stereocenters. The second-order valence-corrected chi connectivity index (χ2v) is 8.50. The maximum absolute atomic E-state index is 13.2. The van der Waals surface area contributed by atoms with Gasteiger partial charge in [0.2, 0.25) is 11.8 Å². The van der Waals surface area contributed by atoms with Gasteiger partial charge in [-0.3, -0.25) is 19.8 Å². The first-order chi connectivity index (χ1) is 11.7. The molecule has 1 spiro atoms. The lowest BCUT2D eigenvalue weighted by Gasteiger charge is -2.33. The van der Waals surface area contributed by atoms with Gasteiger partial charge < -0.3 is 0 Å². The van der Waals surface area contributed by atoms with Crippen molar-refractivity contribution in [3.8, 4) is 0 Å². The molecule has 4 nitrogen and oxygen atoms in total. The molecular weight excluding hydrogens is 319 g/mol. The molecule has 136 valence electrons. The highest BCUT2D eigenvalue weighted by Gasteiger charge is 2.52. The van der Waals surface area contributed by atoms with Crippen LogP contribution in [0.1, 0.15) is 64.5 Å². The predicted molar refractivity (Wildman–Crippen MR) is 94.0 cm³/mol. The predicted octanol–water partition coefficient (Wildman–Crippen LogP) is 3.78. The number of halogens is 1. The number of hydrogen-bond donors (Lipinski definition) is 1. The lowest BCUT2D eigenvalue weighted by molar-refractivity contribution is -0.142. The van der Waals surface area contributed by atoms with Crippen LogP contribution < -0.4 is 5.32 Å². The highest BCUT2D eigenvalue weighted by Crippen LogP contribution is 2.46. The van der Waals surface area contributed by atoms with Crippen LogP contribution in [0.4, 0.5) is 4.39 Å². The molecule has 2 fully saturated rings. The van der Waals surface area contributed by atoms with E-state index in [2.05, 4.69) is 26.1 Å². The van der Waals surface area contributed by atoms with Gasteiger partial charge in [-0.25, -0.2) is 4.39 Å². The lowest BCUT2D eigenvalue weighted by Crippen LogP contribution is -2.44. The van der Waals surface area contributed by atoms with Crippen molar-refractivity contribution in [1.82, 2.24) is 10.2 Å². The van der Waals surface area contributed by atoms with Gasteiger partial charge in [-0.2, -0.15) is 0 Å². The van der Waals surface area contributed by atoms with Crippen molar-refractivity contribution in [2.45, 2.75) is 58.9 Å². The van der Waals surface area contributed by atoms with E-state index in [-0.39, 0.29) is 35.8 Å². The zero-order valence-corrected chi connectivity index (χ0v) is 15.3. The zero-order valence-electron chi connectivity index (χ0n) is 15.3. The van der Waals surface area contributed by atoms with E-state index >= 15 is 0 Å². The Kier molecular flexibility index (Phi) is 4.71. The highest BCUT2D eigenvalue weighted by atomic mass is 19.1. The van der Waals surface area contributed by atoms with Crippen molar-refractivity contribution in [2.24, 2.45) is 10.8 Å². The molecule has 1 N–H and O–H groups in total. The van der Waals surface area contributed by atoms with Gasteiger partial charge in [-0.15, -0.1) is 0 Å². The molecule has 0 bridgehead atoms. The van der Waals surface area contributed by atoms with E-state index in [1.54, 1.807) is 12.1 Å². The monoisotopic (exact) mass is 346 g/mol. The van der Waals surface area contributed by atoms with Crippen molar-refractivity contribution in [1.29, 1.82) is 0 Å². The van der Waals surface area contributed by atoms with Gasteiger partial charge in [-0.05, 0) is 36.0 Å². The molecule has 1 aliphatic carbocycles. The van der Waals surface area contributed by atoms with Crippen LogP contribution in [0.3, 0.4) is 0 Å². The maximum atomic E-state index is 13.2. The van der Waals surface area contributed by atoms with Crippen LogP contribution in [0.25, 0.3) is 0 Å². The molecule has 1 aromatic carbocycles. The van der Waals surface area contributed by atoms with Gasteiger partial charge in [0.15, 0.2) is 0 Å². The number of nitrogens with zero attached hydrogens (tertiary/aromatic N) is 1. The van der Waals surface area contributed by atoms with Gasteiger partial charge in [0.1, 0.15) is 5.82 Å². The second kappa shape index (κ2) is 6.52. The van der Waals surface area contributed by atoms with E-state index in [1.807, 2.05) is 0 Å². The van der Waals surface area contributed by atoms with E-state index in [0.717, 1.165) is 31.2 Å². The Labute approximate surface area is 148 Å². The molecule has 1 saturated heterocycles. The number of imide groups is 1. The highest BCUT2D eigenvalue weighted by molar-refractivity contribution is 6.06. The number of nitrogens with one attached hydrogen (secondary N) is 1. The minimum Gasteiger partial charge on any atom is -0.292 e. The molecule has 0 aromatic heterocycles. The van der Waals surface area contributed by atoms with Crippen LogP contribution in [0.2, 0.25) is 0 Å². The van der Waals surface area contributed by atoms with Crippen LogP contribution in [-0.4, -0.2) is 23.4 Å². The summed E-state index contributed by atoms with van der Waals surface area (Å²) in [6.45, 7) is 6.46. The summed E-state index contributed by atoms with van der Waals surface area (Å²) >= 11 is 0. The largest absolute Gasteiger partial charge is 0.292 e. The molecule has 3 rings (SSSR count). The number of benzene rings is 1. The van der Waals surface area contributed by atoms with Gasteiger partial charge >= 0.3 is 0 Å². The quantitative estimate of drug-likeness (QED) is 0.844. The fourth-order valence-corrected chi connectivity index (χ4v) is 4.22. The number of amides is 2. The Balaban J connectivity index is 1.74. The number of carbonyl (C=O) groups is 2. The fourth-order valence-electron chi connectivity index (χ4n) is 4.22. The summed E-state index contributed by atoms with van der Waals surface area (Å²) in [5.41, 5.74) is 0.365. The average Bonchev–Trinajstić information content (AvgIpc) is 3.08. The molecule has 1 heterocycles. The minimum atomic E-state index is -0.439. The van der Waals surface area contributed by atoms with Crippen molar-refractivity contribution in [3.63, 3.8) is 0 Å². The molecule has 2 aliphatic rings. The van der Waals surface area contributed by atoms with Gasteiger partial charge in [0, 0.05) is 12.5 Å². The molecule has 2 amide bonds. The zero-order chi connectivity index (χ0) is 18.2. The SMILES string of the molecule is CC(C)(C)C(NCN1C(=O)CC2(CCCC2)C1=O)c1ccc(F)cc1. The van der Waals surface area contributed by atoms with Crippen LogP contribution >= 0.6 is 0 Å². The number of rotatable bonds is 4. The Morgan fingerprint density at radius 3 is 2.32 bits per heavy atom. The van der Waals surface area contributed by atoms with Crippen molar-refractivity contribution in [3.05, 3.63) is 35.6 Å². The third-order valence-corrected chi connectivity index (χ3v) is 5.57. The van der Waals surface area contributed by atoms with Gasteiger partial charge in [-0.1, -0.05) is 45.7 Å². The molecule has 1 aliphatic heterocycles. The summed E-state index contributed by atoms with van der Waals surface area (Å²) in [4.78, 5) is 26.6. The lowest BCUT2D eigenvalue weighted by atomic mass is 9.82. The van der Waals surface area contributed by atoms with Crippen molar-refractivity contribution in [2.75, 3.05) is 6.67 Å². The molecule has 0 radical (unpaired) electrons.